The number of halogens is 1. The van der Waals surface area contributed by atoms with Gasteiger partial charge in [-0.3, -0.25) is 4.68 Å². The van der Waals surface area contributed by atoms with E-state index in [0.717, 1.165) is 27.9 Å². The molecule has 3 aromatic heterocycles. The minimum absolute atomic E-state index is 0.224. The molecule has 0 spiro atoms. The number of pyridine rings is 1. The molecule has 0 aliphatic heterocycles. The molecule has 1 aromatic carbocycles. The van der Waals surface area contributed by atoms with Crippen molar-refractivity contribution in [3.63, 3.8) is 0 Å². The van der Waals surface area contributed by atoms with Crippen molar-refractivity contribution in [3.8, 4) is 22.8 Å². The largest absolute Gasteiger partial charge is 0.473 e. The summed E-state index contributed by atoms with van der Waals surface area (Å²) in [6.45, 7) is 6.00. The molecule has 0 fully saturated rings. The van der Waals surface area contributed by atoms with Crippen molar-refractivity contribution < 1.29 is 4.74 Å². The lowest BCUT2D eigenvalue weighted by molar-refractivity contribution is 0.290. The first-order valence-corrected chi connectivity index (χ1v) is 10.0. The van der Waals surface area contributed by atoms with Crippen LogP contribution in [0.1, 0.15) is 22.4 Å². The van der Waals surface area contributed by atoms with Crippen LogP contribution >= 0.6 is 11.6 Å². The van der Waals surface area contributed by atoms with E-state index in [-0.39, 0.29) is 12.3 Å². The second kappa shape index (κ2) is 7.99. The molecule has 0 saturated heterocycles. The smallest absolute Gasteiger partial charge is 0.368 e. The lowest BCUT2D eigenvalue weighted by Crippen LogP contribution is -2.23. The molecular formula is C21H22ClN7O2. The first kappa shape index (κ1) is 20.8. The van der Waals surface area contributed by atoms with Gasteiger partial charge in [-0.15, -0.1) is 0 Å². The summed E-state index contributed by atoms with van der Waals surface area (Å²) in [6, 6.07) is 7.62. The Labute approximate surface area is 183 Å². The quantitative estimate of drug-likeness (QED) is 0.474. The van der Waals surface area contributed by atoms with Crippen LogP contribution in [0.5, 0.6) is 5.88 Å². The number of tetrazole rings is 1. The number of benzene rings is 1. The van der Waals surface area contributed by atoms with Crippen molar-refractivity contribution in [2.24, 2.45) is 14.1 Å². The van der Waals surface area contributed by atoms with Crippen LogP contribution in [-0.2, 0) is 20.7 Å². The highest BCUT2D eigenvalue weighted by Crippen LogP contribution is 2.31. The van der Waals surface area contributed by atoms with E-state index in [1.165, 1.54) is 9.36 Å². The minimum Gasteiger partial charge on any atom is -0.473 e. The molecule has 31 heavy (non-hydrogen) atoms. The van der Waals surface area contributed by atoms with Crippen LogP contribution in [0.3, 0.4) is 0 Å². The number of hydrogen-bond donors (Lipinski definition) is 0. The van der Waals surface area contributed by atoms with Crippen LogP contribution in [0.2, 0.25) is 5.02 Å². The maximum absolute atomic E-state index is 12.3. The first-order chi connectivity index (χ1) is 14.8. The van der Waals surface area contributed by atoms with E-state index in [1.807, 2.05) is 52.1 Å². The summed E-state index contributed by atoms with van der Waals surface area (Å²) in [4.78, 5) is 17.0. The van der Waals surface area contributed by atoms with Gasteiger partial charge in [0.25, 0.3) is 0 Å². The molecule has 0 atom stereocenters. The molecule has 0 aliphatic rings. The zero-order valence-corrected chi connectivity index (χ0v) is 18.7. The highest BCUT2D eigenvalue weighted by Gasteiger charge is 2.17. The van der Waals surface area contributed by atoms with Crippen LogP contribution in [-0.4, -0.2) is 34.6 Å². The Morgan fingerprint density at radius 1 is 1.10 bits per heavy atom. The number of hydrogen-bond acceptors (Lipinski definition) is 6. The average Bonchev–Trinajstić information content (AvgIpc) is 3.23. The summed E-state index contributed by atoms with van der Waals surface area (Å²) >= 11 is 6.31. The van der Waals surface area contributed by atoms with Crippen molar-refractivity contribution >= 4 is 11.6 Å². The summed E-state index contributed by atoms with van der Waals surface area (Å²) in [7, 11) is 3.38. The molecule has 9 nitrogen and oxygen atoms in total. The van der Waals surface area contributed by atoms with Gasteiger partial charge in [-0.25, -0.2) is 9.78 Å². The van der Waals surface area contributed by atoms with E-state index in [1.54, 1.807) is 17.9 Å². The van der Waals surface area contributed by atoms with E-state index in [9.17, 15) is 4.79 Å². The van der Waals surface area contributed by atoms with Gasteiger partial charge < -0.3 is 4.74 Å². The Morgan fingerprint density at radius 3 is 2.52 bits per heavy atom. The molecule has 3 heterocycles. The number of nitrogens with zero attached hydrogens (tertiary/aromatic N) is 7. The lowest BCUT2D eigenvalue weighted by Gasteiger charge is -2.15. The maximum Gasteiger partial charge on any atom is 0.368 e. The highest BCUT2D eigenvalue weighted by atomic mass is 35.5. The molecule has 0 amide bonds. The molecule has 4 aromatic rings. The first-order valence-electron chi connectivity index (χ1n) is 9.64. The highest BCUT2D eigenvalue weighted by molar-refractivity contribution is 6.33. The van der Waals surface area contributed by atoms with Crippen LogP contribution < -0.4 is 10.4 Å². The standard InChI is InChI=1S/C21H22ClN7O2/c1-12-7-6-8-18(29-21(30)28(5)25-26-29)16(12)11-31-20-13(2)9-15(14(3)23-20)19-17(22)10-27(4)24-19/h6-10H,11H2,1-5H3. The van der Waals surface area contributed by atoms with E-state index >= 15 is 0 Å². The zero-order chi connectivity index (χ0) is 22.3. The molecule has 4 rings (SSSR count). The van der Waals surface area contributed by atoms with Gasteiger partial charge >= 0.3 is 5.69 Å². The van der Waals surface area contributed by atoms with Gasteiger partial charge in [-0.05, 0) is 48.9 Å². The topological polar surface area (TPSA) is 92.7 Å². The van der Waals surface area contributed by atoms with Crippen LogP contribution in [0.25, 0.3) is 16.9 Å². The molecule has 0 unspecified atom stereocenters. The summed E-state index contributed by atoms with van der Waals surface area (Å²) in [5.74, 6) is 0.508. The van der Waals surface area contributed by atoms with Crippen LogP contribution in [0, 0.1) is 20.8 Å². The van der Waals surface area contributed by atoms with E-state index in [2.05, 4.69) is 20.5 Å². The molecule has 160 valence electrons. The second-order valence-corrected chi connectivity index (χ2v) is 7.81. The normalized spacial score (nSPS) is 11.2. The van der Waals surface area contributed by atoms with E-state index in [4.69, 9.17) is 16.3 Å². The van der Waals surface area contributed by atoms with Gasteiger partial charge in [-0.2, -0.15) is 14.5 Å². The number of aryl methyl sites for hydroxylation is 5. The van der Waals surface area contributed by atoms with Crippen LogP contribution in [0.4, 0.5) is 0 Å². The SMILES string of the molecule is Cc1cc(-c2nn(C)cc2Cl)c(C)nc1OCc1c(C)cccc1-n1nnn(C)c1=O. The monoisotopic (exact) mass is 439 g/mol. The fourth-order valence-electron chi connectivity index (χ4n) is 3.39. The van der Waals surface area contributed by atoms with Crippen molar-refractivity contribution in [2.45, 2.75) is 27.4 Å². The predicted octanol–water partition coefficient (Wildman–Crippen LogP) is 2.92. The predicted molar refractivity (Wildman–Crippen MR) is 117 cm³/mol. The summed E-state index contributed by atoms with van der Waals surface area (Å²) in [6.07, 6.45) is 1.75. The third-order valence-electron chi connectivity index (χ3n) is 5.09. The zero-order valence-electron chi connectivity index (χ0n) is 17.9. The van der Waals surface area contributed by atoms with Gasteiger partial charge in [0.05, 0.1) is 16.4 Å². The molecule has 0 bridgehead atoms. The van der Waals surface area contributed by atoms with Gasteiger partial charge in [0, 0.05) is 37.0 Å². The molecule has 0 saturated carbocycles. The Balaban J connectivity index is 1.66. The summed E-state index contributed by atoms with van der Waals surface area (Å²) in [5.41, 5.74) is 5.27. The summed E-state index contributed by atoms with van der Waals surface area (Å²) < 4.78 is 10.2. The molecule has 0 radical (unpaired) electrons. The van der Waals surface area contributed by atoms with Crippen molar-refractivity contribution in [2.75, 3.05) is 0 Å². The second-order valence-electron chi connectivity index (χ2n) is 7.40. The van der Waals surface area contributed by atoms with Gasteiger partial charge in [-0.1, -0.05) is 23.7 Å². The number of rotatable bonds is 5. The van der Waals surface area contributed by atoms with Crippen LogP contribution in [0.15, 0.2) is 35.3 Å². The number of ether oxygens (including phenoxy) is 1. The molecule has 0 N–H and O–H groups in total. The Kier molecular flexibility index (Phi) is 5.36. The summed E-state index contributed by atoms with van der Waals surface area (Å²) in [5, 5.41) is 12.8. The fourth-order valence-corrected chi connectivity index (χ4v) is 3.67. The Morgan fingerprint density at radius 2 is 1.87 bits per heavy atom. The van der Waals surface area contributed by atoms with Crippen molar-refractivity contribution in [1.29, 1.82) is 0 Å². The third-order valence-corrected chi connectivity index (χ3v) is 5.36. The third kappa shape index (κ3) is 3.84. The van der Waals surface area contributed by atoms with Crippen molar-refractivity contribution in [3.05, 3.63) is 68.4 Å². The fraction of sp³-hybridized carbons (Fsp3) is 0.286. The Hall–Kier alpha value is -3.46. The van der Waals surface area contributed by atoms with Gasteiger partial charge in [0.2, 0.25) is 5.88 Å². The molecular weight excluding hydrogens is 418 g/mol. The minimum atomic E-state index is -0.325. The Bertz CT molecular complexity index is 1340. The van der Waals surface area contributed by atoms with E-state index < -0.39 is 0 Å². The van der Waals surface area contributed by atoms with Gasteiger partial charge in [0.15, 0.2) is 0 Å². The molecule has 0 aliphatic carbocycles. The maximum atomic E-state index is 12.3. The molecule has 10 heteroatoms. The van der Waals surface area contributed by atoms with Crippen molar-refractivity contribution in [1.82, 2.24) is 34.6 Å². The van der Waals surface area contributed by atoms with Gasteiger partial charge in [0.1, 0.15) is 12.3 Å². The van der Waals surface area contributed by atoms with E-state index in [0.29, 0.717) is 22.3 Å². The average molecular weight is 440 g/mol. The number of aromatic nitrogens is 7. The lowest BCUT2D eigenvalue weighted by atomic mass is 10.1.